The lowest BCUT2D eigenvalue weighted by Gasteiger charge is -2.41. The zero-order chi connectivity index (χ0) is 33.1. The summed E-state index contributed by atoms with van der Waals surface area (Å²) < 4.78 is 54.1. The van der Waals surface area contributed by atoms with Gasteiger partial charge < -0.3 is 24.8 Å². The van der Waals surface area contributed by atoms with Crippen molar-refractivity contribution in [1.82, 2.24) is 15.2 Å². The molecule has 0 saturated carbocycles. The molecule has 0 bridgehead atoms. The Hall–Kier alpha value is -3.49. The second-order valence-corrected chi connectivity index (χ2v) is 14.0. The van der Waals surface area contributed by atoms with Gasteiger partial charge in [-0.2, -0.15) is 13.2 Å². The van der Waals surface area contributed by atoms with E-state index in [1.807, 2.05) is 66.7 Å². The van der Waals surface area contributed by atoms with E-state index < -0.39 is 30.3 Å². The van der Waals surface area contributed by atoms with E-state index in [4.69, 9.17) is 14.5 Å². The number of halogens is 3. The van der Waals surface area contributed by atoms with Crippen LogP contribution in [0.3, 0.4) is 0 Å². The molecule has 4 aromatic rings. The number of carbonyl (C=O) groups excluding carboxylic acids is 2. The fraction of sp³-hybridized carbons (Fsp3) is 0.382. The number of aliphatic hydroxyl groups excluding tert-OH is 1. The van der Waals surface area contributed by atoms with Crippen molar-refractivity contribution in [3.8, 4) is 0 Å². The zero-order valence-corrected chi connectivity index (χ0v) is 27.1. The molecule has 248 valence electrons. The van der Waals surface area contributed by atoms with Crippen LogP contribution in [0, 0.1) is 5.92 Å². The van der Waals surface area contributed by atoms with Gasteiger partial charge in [-0.3, -0.25) is 9.59 Å². The molecule has 2 aliphatic rings. The largest absolute Gasteiger partial charge is 0.471 e. The minimum Gasteiger partial charge on any atom is -0.392 e. The first-order valence-corrected chi connectivity index (χ1v) is 17.1. The van der Waals surface area contributed by atoms with Gasteiger partial charge in [-0.1, -0.05) is 79.3 Å². The van der Waals surface area contributed by atoms with E-state index in [9.17, 15) is 27.9 Å². The Morgan fingerprint density at radius 2 is 1.72 bits per heavy atom. The number of benzene rings is 3. The van der Waals surface area contributed by atoms with Gasteiger partial charge in [0.15, 0.2) is 10.6 Å². The van der Waals surface area contributed by atoms with Gasteiger partial charge in [-0.05, 0) is 41.7 Å². The number of thioether (sulfide) groups is 1. The molecule has 3 heterocycles. The molecule has 0 radical (unpaired) electrons. The minimum absolute atomic E-state index is 0.00182. The number of nitrogens with one attached hydrogen (secondary N) is 1. The first-order chi connectivity index (χ1) is 22.6. The summed E-state index contributed by atoms with van der Waals surface area (Å²) in [6, 6.07) is 21.9. The Labute approximate surface area is 278 Å². The molecule has 2 amide bonds. The summed E-state index contributed by atoms with van der Waals surface area (Å²) in [5.41, 5.74) is 4.26. The predicted octanol–water partition coefficient (Wildman–Crippen LogP) is 6.54. The van der Waals surface area contributed by atoms with E-state index in [1.165, 1.54) is 0 Å². The number of amides is 2. The van der Waals surface area contributed by atoms with E-state index in [0.717, 1.165) is 36.8 Å². The molecule has 1 aromatic heterocycles. The maximum Gasteiger partial charge on any atom is 0.471 e. The number of hydrogen-bond acceptors (Lipinski definition) is 8. The first kappa shape index (κ1) is 33.4. The predicted molar refractivity (Wildman–Crippen MR) is 172 cm³/mol. The SMILES string of the molecule is C[C@H]1[C@@H](CSc2nc3ccccc3s2)O[C@@H](c2ccc(CNC(=O)[C@@H]3CCCN3C(=O)C(F)(F)F)cc2)O[C@H]1c1ccc(CO)cc1. The van der Waals surface area contributed by atoms with Crippen molar-refractivity contribution in [3.05, 3.63) is 95.1 Å². The lowest BCUT2D eigenvalue weighted by molar-refractivity contribution is -0.268. The molecule has 3 aromatic carbocycles. The monoisotopic (exact) mass is 685 g/mol. The zero-order valence-electron chi connectivity index (χ0n) is 25.5. The standard InChI is InChI=1S/C34H34F3N3O5S2/c1-20-27(19-46-33-39-25-5-2-3-7-28(25)47-33)44-31(45-29(20)23-12-10-22(18-41)11-13-23)24-14-8-21(9-15-24)17-38-30(42)26-6-4-16-40(26)32(43)34(35,36)37/h2-3,5,7-15,20,26-27,29,31,41H,4,6,16-19H2,1H3,(H,38,42)/t20-,26-,27+,29+,31+/m0/s1. The number of nitrogens with zero attached hydrogens (tertiary/aromatic N) is 2. The summed E-state index contributed by atoms with van der Waals surface area (Å²) in [6.07, 6.45) is -5.64. The van der Waals surface area contributed by atoms with Gasteiger partial charge in [-0.25, -0.2) is 4.98 Å². The van der Waals surface area contributed by atoms with Crippen molar-refractivity contribution < 1.29 is 37.3 Å². The number of aromatic nitrogens is 1. The molecular weight excluding hydrogens is 652 g/mol. The number of thiazole rings is 1. The van der Waals surface area contributed by atoms with E-state index in [0.29, 0.717) is 17.1 Å². The highest BCUT2D eigenvalue weighted by atomic mass is 32.2. The quantitative estimate of drug-likeness (QED) is 0.193. The topological polar surface area (TPSA) is 101 Å². The summed E-state index contributed by atoms with van der Waals surface area (Å²) >= 11 is 3.30. The van der Waals surface area contributed by atoms with Crippen LogP contribution in [0.1, 0.15) is 54.4 Å². The van der Waals surface area contributed by atoms with E-state index >= 15 is 0 Å². The smallest absolute Gasteiger partial charge is 0.392 e. The summed E-state index contributed by atoms with van der Waals surface area (Å²) in [4.78, 5) is 29.9. The summed E-state index contributed by atoms with van der Waals surface area (Å²) in [5, 5.41) is 12.2. The van der Waals surface area contributed by atoms with Crippen molar-refractivity contribution in [1.29, 1.82) is 0 Å². The highest BCUT2D eigenvalue weighted by Gasteiger charge is 2.47. The molecule has 47 heavy (non-hydrogen) atoms. The van der Waals surface area contributed by atoms with Gasteiger partial charge in [0.2, 0.25) is 5.91 Å². The number of fused-ring (bicyclic) bond motifs is 1. The number of hydrogen-bond donors (Lipinski definition) is 2. The molecule has 0 aliphatic carbocycles. The lowest BCUT2D eigenvalue weighted by atomic mass is 9.91. The summed E-state index contributed by atoms with van der Waals surface area (Å²) in [7, 11) is 0. The van der Waals surface area contributed by atoms with Crippen molar-refractivity contribution >= 4 is 45.1 Å². The number of aliphatic hydroxyl groups is 1. The van der Waals surface area contributed by atoms with Crippen LogP contribution >= 0.6 is 23.1 Å². The fourth-order valence-electron chi connectivity index (χ4n) is 5.92. The van der Waals surface area contributed by atoms with E-state index in [2.05, 4.69) is 18.3 Å². The fourth-order valence-corrected chi connectivity index (χ4v) is 8.18. The maximum atomic E-state index is 13.0. The Kier molecular flexibility index (Phi) is 10.2. The van der Waals surface area contributed by atoms with Crippen molar-refractivity contribution in [3.63, 3.8) is 0 Å². The first-order valence-electron chi connectivity index (χ1n) is 15.3. The van der Waals surface area contributed by atoms with Crippen LogP contribution in [0.25, 0.3) is 10.2 Å². The Morgan fingerprint density at radius 3 is 2.43 bits per heavy atom. The van der Waals surface area contributed by atoms with Gasteiger partial charge in [0.25, 0.3) is 0 Å². The van der Waals surface area contributed by atoms with Crippen LogP contribution < -0.4 is 5.32 Å². The minimum atomic E-state index is -5.02. The molecule has 2 N–H and O–H groups in total. The third-order valence-corrected chi connectivity index (χ3v) is 10.8. The van der Waals surface area contributed by atoms with Gasteiger partial charge in [0.05, 0.1) is 29.0 Å². The molecule has 2 saturated heterocycles. The molecule has 8 nitrogen and oxygen atoms in total. The van der Waals surface area contributed by atoms with Crippen molar-refractivity contribution in [2.24, 2.45) is 5.92 Å². The van der Waals surface area contributed by atoms with Crippen LogP contribution in [0.15, 0.2) is 77.1 Å². The Morgan fingerprint density at radius 1 is 1.02 bits per heavy atom. The van der Waals surface area contributed by atoms with Gasteiger partial charge in [0.1, 0.15) is 6.04 Å². The Balaban J connectivity index is 1.14. The molecule has 0 spiro atoms. The molecule has 0 unspecified atom stereocenters. The number of para-hydroxylation sites is 1. The normalized spacial score (nSPS) is 23.3. The summed E-state index contributed by atoms with van der Waals surface area (Å²) in [6.45, 7) is 2.04. The van der Waals surface area contributed by atoms with Gasteiger partial charge in [0, 0.05) is 30.3 Å². The number of ether oxygens (including phenoxy) is 2. The molecule has 2 fully saturated rings. The van der Waals surface area contributed by atoms with Crippen molar-refractivity contribution in [2.45, 2.75) is 68.0 Å². The van der Waals surface area contributed by atoms with Crippen molar-refractivity contribution in [2.75, 3.05) is 12.3 Å². The number of rotatable bonds is 9. The van der Waals surface area contributed by atoms with Crippen LogP contribution in [0.4, 0.5) is 13.2 Å². The highest BCUT2D eigenvalue weighted by Crippen LogP contribution is 2.43. The lowest BCUT2D eigenvalue weighted by Crippen LogP contribution is -2.50. The molecule has 6 rings (SSSR count). The number of alkyl halides is 3. The Bertz CT molecular complexity index is 1670. The average molecular weight is 686 g/mol. The molecule has 2 aliphatic heterocycles. The second kappa shape index (κ2) is 14.3. The third kappa shape index (κ3) is 7.65. The van der Waals surface area contributed by atoms with Gasteiger partial charge >= 0.3 is 12.1 Å². The average Bonchev–Trinajstić information content (AvgIpc) is 3.74. The summed E-state index contributed by atoms with van der Waals surface area (Å²) in [5.74, 6) is -1.94. The molecular formula is C34H34F3N3O5S2. The highest BCUT2D eigenvalue weighted by molar-refractivity contribution is 8.01. The number of likely N-dealkylation sites (tertiary alicyclic amines) is 1. The second-order valence-electron chi connectivity index (χ2n) is 11.7. The molecule has 5 atom stereocenters. The molecule has 13 heteroatoms. The van der Waals surface area contributed by atoms with Crippen LogP contribution in [-0.2, 0) is 32.2 Å². The third-order valence-electron chi connectivity index (χ3n) is 8.55. The van der Waals surface area contributed by atoms with Crippen LogP contribution in [0.5, 0.6) is 0 Å². The van der Waals surface area contributed by atoms with Crippen LogP contribution in [0.2, 0.25) is 0 Å². The van der Waals surface area contributed by atoms with Gasteiger partial charge in [-0.15, -0.1) is 11.3 Å². The van der Waals surface area contributed by atoms with E-state index in [1.54, 1.807) is 23.1 Å². The number of carbonyl (C=O) groups is 2. The van der Waals surface area contributed by atoms with E-state index in [-0.39, 0.29) is 44.2 Å². The maximum absolute atomic E-state index is 13.0. The van der Waals surface area contributed by atoms with Crippen LogP contribution in [-0.4, -0.2) is 57.4 Å².